The van der Waals surface area contributed by atoms with E-state index in [4.69, 9.17) is 11.8 Å². The normalized spacial score (nSPS) is 9.67. The molecule has 2 rings (SSSR count). The van der Waals surface area contributed by atoms with E-state index < -0.39 is 0 Å². The van der Waals surface area contributed by atoms with Crippen molar-refractivity contribution < 1.29 is 0 Å². The molecule has 15 heavy (non-hydrogen) atoms. The Labute approximate surface area is 94.2 Å². The van der Waals surface area contributed by atoms with Crippen molar-refractivity contribution >= 4 is 17.5 Å². The highest BCUT2D eigenvalue weighted by atomic mass is 35.5. The molecule has 0 aromatic heterocycles. The summed E-state index contributed by atoms with van der Waals surface area (Å²) in [7, 11) is 0. The van der Waals surface area contributed by atoms with Crippen LogP contribution in [0.3, 0.4) is 0 Å². The van der Waals surface area contributed by atoms with E-state index >= 15 is 0 Å². The lowest BCUT2D eigenvalue weighted by Gasteiger charge is -2.04. The summed E-state index contributed by atoms with van der Waals surface area (Å²) in [6.07, 6.45) is 0. The van der Waals surface area contributed by atoms with Crippen molar-refractivity contribution in [2.24, 2.45) is 4.51 Å². The fourth-order valence-electron chi connectivity index (χ4n) is 1.46. The van der Waals surface area contributed by atoms with Gasteiger partial charge in [-0.15, -0.1) is 0 Å². The smallest absolute Gasteiger partial charge is 0.0921 e. The second kappa shape index (κ2) is 4.76. The van der Waals surface area contributed by atoms with Crippen LogP contribution in [0.15, 0.2) is 65.2 Å². The zero-order chi connectivity index (χ0) is 10.5. The average Bonchev–Trinajstić information content (AvgIpc) is 2.33. The third-order valence-electron chi connectivity index (χ3n) is 2.18. The Hall–Kier alpha value is -1.60. The van der Waals surface area contributed by atoms with Gasteiger partial charge in [-0.3, -0.25) is 0 Å². The maximum atomic E-state index is 5.62. The molecule has 0 spiro atoms. The molecule has 0 N–H and O–H groups in total. The Bertz CT molecular complexity index is 407. The van der Waals surface area contributed by atoms with Crippen molar-refractivity contribution in [3.8, 4) is 0 Å². The molecular weight excluding hydrogens is 206 g/mol. The Morgan fingerprint density at radius 3 is 1.47 bits per heavy atom. The predicted octanol–water partition coefficient (Wildman–Crippen LogP) is 3.68. The van der Waals surface area contributed by atoms with Crippen molar-refractivity contribution in [2.45, 2.75) is 0 Å². The largest absolute Gasteiger partial charge is 0.177 e. The fraction of sp³-hybridized carbons (Fsp3) is 0. The maximum Gasteiger partial charge on any atom is 0.0921 e. The third kappa shape index (κ3) is 2.25. The van der Waals surface area contributed by atoms with Gasteiger partial charge in [0.05, 0.1) is 5.71 Å². The van der Waals surface area contributed by atoms with Crippen LogP contribution in [0.5, 0.6) is 0 Å². The van der Waals surface area contributed by atoms with Crippen LogP contribution in [0.25, 0.3) is 0 Å². The Morgan fingerprint density at radius 2 is 1.13 bits per heavy atom. The second-order valence-corrected chi connectivity index (χ2v) is 3.33. The van der Waals surface area contributed by atoms with Crippen molar-refractivity contribution in [2.75, 3.05) is 0 Å². The lowest BCUT2D eigenvalue weighted by Crippen LogP contribution is -2.01. The van der Waals surface area contributed by atoms with Crippen LogP contribution in [0.2, 0.25) is 0 Å². The molecular formula is C13H10ClN. The molecule has 2 aromatic rings. The molecule has 0 aliphatic rings. The van der Waals surface area contributed by atoms with Crippen LogP contribution < -0.4 is 0 Å². The number of nitrogens with zero attached hydrogens (tertiary/aromatic N) is 1. The van der Waals surface area contributed by atoms with Gasteiger partial charge in [0.1, 0.15) is 0 Å². The zero-order valence-corrected chi connectivity index (χ0v) is 8.85. The van der Waals surface area contributed by atoms with E-state index in [1.807, 2.05) is 60.7 Å². The van der Waals surface area contributed by atoms with Gasteiger partial charge in [0.15, 0.2) is 0 Å². The highest BCUT2D eigenvalue weighted by molar-refractivity contribution is 6.26. The minimum atomic E-state index is 0.804. The molecule has 0 unspecified atom stereocenters. The van der Waals surface area contributed by atoms with Crippen molar-refractivity contribution in [1.82, 2.24) is 0 Å². The molecule has 0 saturated carbocycles. The molecule has 0 fully saturated rings. The van der Waals surface area contributed by atoms with E-state index in [0.29, 0.717) is 0 Å². The fourth-order valence-corrected chi connectivity index (χ4v) is 1.65. The minimum Gasteiger partial charge on any atom is -0.177 e. The summed E-state index contributed by atoms with van der Waals surface area (Å²) in [4.78, 5) is 0. The van der Waals surface area contributed by atoms with E-state index in [-0.39, 0.29) is 0 Å². The highest BCUT2D eigenvalue weighted by Gasteiger charge is 2.04. The summed E-state index contributed by atoms with van der Waals surface area (Å²) >= 11 is 5.62. The first-order valence-corrected chi connectivity index (χ1v) is 5.05. The average molecular weight is 216 g/mol. The predicted molar refractivity (Wildman–Crippen MR) is 64.4 cm³/mol. The van der Waals surface area contributed by atoms with Crippen LogP contribution in [0.4, 0.5) is 0 Å². The molecule has 2 heteroatoms. The van der Waals surface area contributed by atoms with Crippen LogP contribution >= 0.6 is 11.8 Å². The van der Waals surface area contributed by atoms with E-state index in [0.717, 1.165) is 16.8 Å². The summed E-state index contributed by atoms with van der Waals surface area (Å²) in [6, 6.07) is 19.8. The quantitative estimate of drug-likeness (QED) is 0.678. The number of hydrogen-bond acceptors (Lipinski definition) is 1. The lowest BCUT2D eigenvalue weighted by molar-refractivity contribution is 1.57. The molecule has 0 aliphatic heterocycles. The summed E-state index contributed by atoms with van der Waals surface area (Å²) in [5.74, 6) is 0. The van der Waals surface area contributed by atoms with Crippen LogP contribution in [0.1, 0.15) is 11.1 Å². The molecule has 0 saturated heterocycles. The van der Waals surface area contributed by atoms with Gasteiger partial charge in [0.25, 0.3) is 0 Å². The highest BCUT2D eigenvalue weighted by Crippen LogP contribution is 2.11. The molecule has 0 aliphatic carbocycles. The van der Waals surface area contributed by atoms with Gasteiger partial charge >= 0.3 is 0 Å². The standard InChI is InChI=1S/C13H10ClN/c14-15-13(11-7-3-1-4-8-11)12-9-5-2-6-10-12/h1-10H. The van der Waals surface area contributed by atoms with E-state index in [2.05, 4.69) is 4.51 Å². The second-order valence-electron chi connectivity index (χ2n) is 3.17. The number of halogens is 1. The van der Waals surface area contributed by atoms with Crippen LogP contribution in [-0.4, -0.2) is 5.71 Å². The Balaban J connectivity index is 2.44. The molecule has 1 nitrogen and oxygen atoms in total. The summed E-state index contributed by atoms with van der Waals surface area (Å²) in [5.41, 5.74) is 2.86. The topological polar surface area (TPSA) is 12.4 Å². The zero-order valence-electron chi connectivity index (χ0n) is 8.10. The lowest BCUT2D eigenvalue weighted by atomic mass is 10.0. The van der Waals surface area contributed by atoms with Gasteiger partial charge in [-0.1, -0.05) is 60.7 Å². The third-order valence-corrected chi connectivity index (χ3v) is 2.35. The molecule has 0 bridgehead atoms. The SMILES string of the molecule is ClN=C(c1ccccc1)c1ccccc1. The molecule has 0 radical (unpaired) electrons. The maximum absolute atomic E-state index is 5.62. The molecule has 0 amide bonds. The van der Waals surface area contributed by atoms with Crippen molar-refractivity contribution in [3.63, 3.8) is 0 Å². The van der Waals surface area contributed by atoms with Crippen LogP contribution in [-0.2, 0) is 0 Å². The van der Waals surface area contributed by atoms with E-state index in [1.165, 1.54) is 0 Å². The first-order valence-electron chi connectivity index (χ1n) is 4.71. The monoisotopic (exact) mass is 215 g/mol. The summed E-state index contributed by atoms with van der Waals surface area (Å²) in [6.45, 7) is 0. The summed E-state index contributed by atoms with van der Waals surface area (Å²) < 4.78 is 3.82. The van der Waals surface area contributed by atoms with Crippen molar-refractivity contribution in [3.05, 3.63) is 71.8 Å². The molecule has 74 valence electrons. The molecule has 0 atom stereocenters. The van der Waals surface area contributed by atoms with Gasteiger partial charge in [0.2, 0.25) is 0 Å². The van der Waals surface area contributed by atoms with Gasteiger partial charge in [0, 0.05) is 22.9 Å². The number of benzene rings is 2. The number of rotatable bonds is 2. The minimum absolute atomic E-state index is 0.804. The van der Waals surface area contributed by atoms with E-state index in [1.54, 1.807) is 0 Å². The Morgan fingerprint density at radius 1 is 0.733 bits per heavy atom. The van der Waals surface area contributed by atoms with Gasteiger partial charge < -0.3 is 0 Å². The van der Waals surface area contributed by atoms with Gasteiger partial charge in [-0.25, -0.2) is 0 Å². The van der Waals surface area contributed by atoms with E-state index in [9.17, 15) is 0 Å². The molecule has 0 heterocycles. The number of hydrogen-bond donors (Lipinski definition) is 0. The molecule has 2 aromatic carbocycles. The first kappa shape index (κ1) is 9.94. The summed E-state index contributed by atoms with van der Waals surface area (Å²) in [5, 5.41) is 0. The van der Waals surface area contributed by atoms with Gasteiger partial charge in [-0.05, 0) is 0 Å². The van der Waals surface area contributed by atoms with Crippen LogP contribution in [0, 0.1) is 0 Å². The first-order chi connectivity index (χ1) is 7.42. The Kier molecular flexibility index (Phi) is 3.15. The van der Waals surface area contributed by atoms with Crippen molar-refractivity contribution in [1.29, 1.82) is 0 Å². The van der Waals surface area contributed by atoms with Gasteiger partial charge in [-0.2, -0.15) is 4.51 Å².